The first-order chi connectivity index (χ1) is 10.3. The number of aliphatic hydroxyl groups excluding tert-OH is 1. The number of phenols is 1. The van der Waals surface area contributed by atoms with E-state index >= 15 is 0 Å². The highest BCUT2D eigenvalue weighted by molar-refractivity contribution is 5.71. The highest BCUT2D eigenvalue weighted by Crippen LogP contribution is 2.19. The van der Waals surface area contributed by atoms with Gasteiger partial charge in [-0.3, -0.25) is 0 Å². The number of nitrogens with zero attached hydrogens (tertiary/aromatic N) is 3. The Morgan fingerprint density at radius 3 is 2.86 bits per heavy atom. The van der Waals surface area contributed by atoms with Gasteiger partial charge < -0.3 is 14.8 Å². The molecule has 5 heteroatoms. The smallest absolute Gasteiger partial charge is 0.159 e. The number of aromatic hydroxyl groups is 1. The van der Waals surface area contributed by atoms with Gasteiger partial charge >= 0.3 is 0 Å². The molecule has 0 saturated carbocycles. The second-order valence-electron chi connectivity index (χ2n) is 4.95. The summed E-state index contributed by atoms with van der Waals surface area (Å²) in [5.41, 5.74) is 2.68. The van der Waals surface area contributed by atoms with E-state index < -0.39 is 0 Å². The quantitative estimate of drug-likeness (QED) is 0.752. The predicted molar refractivity (Wildman–Crippen MR) is 80.1 cm³/mol. The molecule has 3 aromatic rings. The number of phenolic OH excluding ortho intramolecular Hbond substituents is 1. The van der Waals surface area contributed by atoms with Crippen molar-refractivity contribution >= 4 is 11.2 Å². The molecule has 108 valence electrons. The average molecular weight is 283 g/mol. The topological polar surface area (TPSA) is 71.2 Å². The van der Waals surface area contributed by atoms with Crippen molar-refractivity contribution in [2.24, 2.45) is 0 Å². The van der Waals surface area contributed by atoms with Gasteiger partial charge in [0.25, 0.3) is 0 Å². The lowest BCUT2D eigenvalue weighted by Gasteiger charge is -2.08. The van der Waals surface area contributed by atoms with E-state index in [-0.39, 0.29) is 12.4 Å². The van der Waals surface area contributed by atoms with Gasteiger partial charge in [0.05, 0.1) is 0 Å². The van der Waals surface area contributed by atoms with Crippen LogP contribution < -0.4 is 0 Å². The van der Waals surface area contributed by atoms with E-state index in [2.05, 4.69) is 9.97 Å². The fraction of sp³-hybridized carbons (Fsp3) is 0.250. The minimum Gasteiger partial charge on any atom is -0.508 e. The fourth-order valence-electron chi connectivity index (χ4n) is 2.45. The summed E-state index contributed by atoms with van der Waals surface area (Å²) in [6.45, 7) is 0.816. The molecule has 0 aliphatic carbocycles. The molecule has 0 unspecified atom stereocenters. The highest BCUT2D eigenvalue weighted by Gasteiger charge is 2.12. The summed E-state index contributed by atoms with van der Waals surface area (Å²) >= 11 is 0. The van der Waals surface area contributed by atoms with E-state index in [0.29, 0.717) is 19.4 Å². The van der Waals surface area contributed by atoms with Crippen molar-refractivity contribution in [1.29, 1.82) is 0 Å². The summed E-state index contributed by atoms with van der Waals surface area (Å²) in [5.74, 6) is 1.14. The first kappa shape index (κ1) is 13.6. The third-order valence-corrected chi connectivity index (χ3v) is 3.40. The Labute approximate surface area is 122 Å². The predicted octanol–water partition coefficient (Wildman–Crippen LogP) is 2.11. The molecule has 5 nitrogen and oxygen atoms in total. The van der Waals surface area contributed by atoms with Crippen molar-refractivity contribution in [3.05, 3.63) is 54.0 Å². The molecule has 0 aliphatic heterocycles. The molecule has 0 spiro atoms. The van der Waals surface area contributed by atoms with Gasteiger partial charge in [0.1, 0.15) is 17.1 Å². The van der Waals surface area contributed by atoms with Crippen LogP contribution in [0.3, 0.4) is 0 Å². The van der Waals surface area contributed by atoms with Crippen LogP contribution in [0.2, 0.25) is 0 Å². The van der Waals surface area contributed by atoms with Crippen LogP contribution in [0.4, 0.5) is 0 Å². The van der Waals surface area contributed by atoms with Gasteiger partial charge in [-0.25, -0.2) is 9.97 Å². The lowest BCUT2D eigenvalue weighted by Crippen LogP contribution is -2.06. The number of pyridine rings is 1. The zero-order valence-corrected chi connectivity index (χ0v) is 11.6. The normalized spacial score (nSPS) is 11.1. The second kappa shape index (κ2) is 5.93. The van der Waals surface area contributed by atoms with Gasteiger partial charge in [0, 0.05) is 25.8 Å². The molecule has 1 aromatic carbocycles. The van der Waals surface area contributed by atoms with Crippen LogP contribution in [-0.2, 0) is 13.0 Å². The number of hydrogen-bond acceptors (Lipinski definition) is 4. The Bertz CT molecular complexity index is 752. The minimum atomic E-state index is 0.137. The molecule has 2 N–H and O–H groups in total. The molecule has 0 bridgehead atoms. The van der Waals surface area contributed by atoms with Crippen LogP contribution in [0.1, 0.15) is 17.8 Å². The number of aryl methyl sites for hydroxylation is 1. The number of fused-ring (bicyclic) bond motifs is 1. The van der Waals surface area contributed by atoms with Gasteiger partial charge in [-0.15, -0.1) is 0 Å². The molecule has 0 fully saturated rings. The maximum Gasteiger partial charge on any atom is 0.159 e. The first-order valence-electron chi connectivity index (χ1n) is 6.97. The van der Waals surface area contributed by atoms with Crippen molar-refractivity contribution < 1.29 is 10.2 Å². The van der Waals surface area contributed by atoms with E-state index in [4.69, 9.17) is 5.11 Å². The Kier molecular flexibility index (Phi) is 3.83. The molecule has 0 atom stereocenters. The SMILES string of the molecule is OCCCn1c(Cc2cccc(O)c2)nc2cccnc21. The van der Waals surface area contributed by atoms with E-state index in [1.165, 1.54) is 0 Å². The average Bonchev–Trinajstić information content (AvgIpc) is 2.82. The van der Waals surface area contributed by atoms with Crippen molar-refractivity contribution in [3.8, 4) is 5.75 Å². The van der Waals surface area contributed by atoms with Crippen LogP contribution in [-0.4, -0.2) is 31.4 Å². The summed E-state index contributed by atoms with van der Waals surface area (Å²) in [6, 6.07) is 11.0. The number of aliphatic hydroxyl groups is 1. The molecule has 2 aromatic heterocycles. The van der Waals surface area contributed by atoms with Crippen LogP contribution in [0.5, 0.6) is 5.75 Å². The largest absolute Gasteiger partial charge is 0.508 e. The third-order valence-electron chi connectivity index (χ3n) is 3.40. The van der Waals surface area contributed by atoms with Gasteiger partial charge in [-0.05, 0) is 36.2 Å². The van der Waals surface area contributed by atoms with E-state index in [0.717, 1.165) is 22.6 Å². The summed E-state index contributed by atoms with van der Waals surface area (Å²) in [7, 11) is 0. The summed E-state index contributed by atoms with van der Waals surface area (Å²) < 4.78 is 2.04. The lowest BCUT2D eigenvalue weighted by molar-refractivity contribution is 0.280. The Morgan fingerprint density at radius 2 is 2.05 bits per heavy atom. The Balaban J connectivity index is 2.00. The van der Waals surface area contributed by atoms with Gasteiger partial charge in [-0.2, -0.15) is 0 Å². The van der Waals surface area contributed by atoms with Crippen molar-refractivity contribution in [1.82, 2.24) is 14.5 Å². The zero-order valence-electron chi connectivity index (χ0n) is 11.6. The Morgan fingerprint density at radius 1 is 1.14 bits per heavy atom. The lowest BCUT2D eigenvalue weighted by atomic mass is 10.1. The summed E-state index contributed by atoms with van der Waals surface area (Å²) in [6.07, 6.45) is 3.03. The van der Waals surface area contributed by atoms with E-state index in [9.17, 15) is 5.11 Å². The van der Waals surface area contributed by atoms with Crippen molar-refractivity contribution in [2.45, 2.75) is 19.4 Å². The van der Waals surface area contributed by atoms with Gasteiger partial charge in [0.15, 0.2) is 5.65 Å². The third kappa shape index (κ3) is 2.87. The second-order valence-corrected chi connectivity index (χ2v) is 4.95. The van der Waals surface area contributed by atoms with Crippen molar-refractivity contribution in [2.75, 3.05) is 6.61 Å². The van der Waals surface area contributed by atoms with Gasteiger partial charge in [0.2, 0.25) is 0 Å². The standard InChI is InChI=1S/C16H17N3O2/c20-9-3-8-19-15(11-12-4-1-5-13(21)10-12)18-14-6-2-7-17-16(14)19/h1-2,4-7,10,20-21H,3,8-9,11H2. The molecule has 0 saturated heterocycles. The maximum absolute atomic E-state index is 9.57. The molecule has 2 heterocycles. The number of hydrogen-bond donors (Lipinski definition) is 2. The highest BCUT2D eigenvalue weighted by atomic mass is 16.3. The molecule has 0 aliphatic rings. The van der Waals surface area contributed by atoms with Crippen LogP contribution in [0, 0.1) is 0 Å². The van der Waals surface area contributed by atoms with Crippen LogP contribution in [0.25, 0.3) is 11.2 Å². The monoisotopic (exact) mass is 283 g/mol. The Hall–Kier alpha value is -2.40. The maximum atomic E-state index is 9.57. The number of benzene rings is 1. The first-order valence-corrected chi connectivity index (χ1v) is 6.97. The van der Waals surface area contributed by atoms with E-state index in [1.807, 2.05) is 28.8 Å². The molecule has 3 rings (SSSR count). The number of aromatic nitrogens is 3. The summed E-state index contributed by atoms with van der Waals surface area (Å²) in [4.78, 5) is 9.01. The minimum absolute atomic E-state index is 0.137. The molecule has 21 heavy (non-hydrogen) atoms. The van der Waals surface area contributed by atoms with Gasteiger partial charge in [-0.1, -0.05) is 12.1 Å². The van der Waals surface area contributed by atoms with Crippen molar-refractivity contribution in [3.63, 3.8) is 0 Å². The molecular weight excluding hydrogens is 266 g/mol. The fourth-order valence-corrected chi connectivity index (χ4v) is 2.45. The number of rotatable bonds is 5. The summed E-state index contributed by atoms with van der Waals surface area (Å²) in [5, 5.41) is 18.6. The van der Waals surface area contributed by atoms with E-state index in [1.54, 1.807) is 18.3 Å². The van der Waals surface area contributed by atoms with Crippen LogP contribution in [0.15, 0.2) is 42.6 Å². The van der Waals surface area contributed by atoms with Crippen LogP contribution >= 0.6 is 0 Å². The number of imidazole rings is 1. The zero-order chi connectivity index (χ0) is 14.7. The molecule has 0 radical (unpaired) electrons. The molecular formula is C16H17N3O2. The molecule has 0 amide bonds.